The Labute approximate surface area is 126 Å². The fraction of sp³-hybridized carbons (Fsp3) is 0.333. The summed E-state index contributed by atoms with van der Waals surface area (Å²) in [6.45, 7) is 0. The molecule has 2 atom stereocenters. The number of aliphatic carboxylic acids is 1. The summed E-state index contributed by atoms with van der Waals surface area (Å²) in [6.07, 6.45) is 5.37. The molecule has 0 aromatic heterocycles. The van der Waals surface area contributed by atoms with E-state index in [9.17, 15) is 9.59 Å². The van der Waals surface area contributed by atoms with Gasteiger partial charge in [-0.1, -0.05) is 34.5 Å². The molecule has 0 heterocycles. The zero-order valence-electron chi connectivity index (χ0n) is 10.9. The molecule has 1 aromatic carbocycles. The van der Waals surface area contributed by atoms with Crippen molar-refractivity contribution in [2.75, 3.05) is 0 Å². The second kappa shape index (κ2) is 6.70. The first-order chi connectivity index (χ1) is 9.56. The number of hydrogen-bond donors (Lipinski definition) is 2. The summed E-state index contributed by atoms with van der Waals surface area (Å²) in [7, 11) is 0. The van der Waals surface area contributed by atoms with Gasteiger partial charge in [0.1, 0.15) is 0 Å². The van der Waals surface area contributed by atoms with E-state index in [4.69, 9.17) is 5.11 Å². The number of carboxylic acids is 1. The lowest BCUT2D eigenvalue weighted by Gasteiger charge is -2.16. The molecular weight excluding hydrogens is 322 g/mol. The standard InChI is InChI=1S/C15H16BrNO3/c16-11-4-1-3-10(9-11)7-8-14(18)17-13-6-2-5-12(13)15(19)20/h1,3-4,7-9,12-13H,2,5-6H2,(H,17,18)(H,19,20). The van der Waals surface area contributed by atoms with Crippen LogP contribution in [-0.2, 0) is 9.59 Å². The Bertz CT molecular complexity index is 542. The molecule has 1 aromatic rings. The number of halogens is 1. The van der Waals surface area contributed by atoms with Crippen molar-refractivity contribution >= 4 is 33.9 Å². The fourth-order valence-electron chi connectivity index (χ4n) is 2.44. The van der Waals surface area contributed by atoms with Crippen LogP contribution in [0, 0.1) is 5.92 Å². The lowest BCUT2D eigenvalue weighted by molar-refractivity contribution is -0.142. The first-order valence-electron chi connectivity index (χ1n) is 6.53. The summed E-state index contributed by atoms with van der Waals surface area (Å²) >= 11 is 3.36. The molecule has 2 rings (SSSR count). The van der Waals surface area contributed by atoms with E-state index >= 15 is 0 Å². The summed E-state index contributed by atoms with van der Waals surface area (Å²) in [5.74, 6) is -1.54. The third kappa shape index (κ3) is 3.93. The van der Waals surface area contributed by atoms with Gasteiger partial charge >= 0.3 is 5.97 Å². The molecule has 0 bridgehead atoms. The molecule has 2 unspecified atom stereocenters. The minimum absolute atomic E-state index is 0.247. The minimum Gasteiger partial charge on any atom is -0.481 e. The quantitative estimate of drug-likeness (QED) is 0.830. The van der Waals surface area contributed by atoms with Crippen molar-refractivity contribution in [2.45, 2.75) is 25.3 Å². The van der Waals surface area contributed by atoms with Crippen molar-refractivity contribution in [3.8, 4) is 0 Å². The molecule has 4 nitrogen and oxygen atoms in total. The van der Waals surface area contributed by atoms with Gasteiger partial charge in [-0.05, 0) is 36.6 Å². The Morgan fingerprint density at radius 1 is 1.35 bits per heavy atom. The molecule has 1 fully saturated rings. The SMILES string of the molecule is O=C(C=Cc1cccc(Br)c1)NC1CCCC1C(=O)O. The molecule has 0 saturated heterocycles. The Morgan fingerprint density at radius 3 is 2.85 bits per heavy atom. The summed E-state index contributed by atoms with van der Waals surface area (Å²) in [6, 6.07) is 7.34. The maximum atomic E-state index is 11.8. The molecule has 1 amide bonds. The molecule has 106 valence electrons. The Morgan fingerprint density at radius 2 is 2.15 bits per heavy atom. The monoisotopic (exact) mass is 337 g/mol. The van der Waals surface area contributed by atoms with Gasteiger partial charge in [-0.25, -0.2) is 0 Å². The van der Waals surface area contributed by atoms with Gasteiger partial charge in [-0.15, -0.1) is 0 Å². The average Bonchev–Trinajstić information content (AvgIpc) is 2.85. The van der Waals surface area contributed by atoms with E-state index in [1.807, 2.05) is 24.3 Å². The summed E-state index contributed by atoms with van der Waals surface area (Å²) < 4.78 is 0.946. The molecule has 5 heteroatoms. The van der Waals surface area contributed by atoms with Crippen LogP contribution in [0.4, 0.5) is 0 Å². The second-order valence-corrected chi connectivity index (χ2v) is 5.79. The van der Waals surface area contributed by atoms with Crippen LogP contribution >= 0.6 is 15.9 Å². The number of carbonyl (C=O) groups excluding carboxylic acids is 1. The predicted molar refractivity (Wildman–Crippen MR) is 80.1 cm³/mol. The highest BCUT2D eigenvalue weighted by molar-refractivity contribution is 9.10. The van der Waals surface area contributed by atoms with E-state index in [-0.39, 0.29) is 11.9 Å². The van der Waals surface area contributed by atoms with Gasteiger partial charge in [-0.2, -0.15) is 0 Å². The van der Waals surface area contributed by atoms with Crippen LogP contribution < -0.4 is 5.32 Å². The highest BCUT2D eigenvalue weighted by Gasteiger charge is 2.33. The number of carboxylic acid groups (broad SMARTS) is 1. The minimum atomic E-state index is -0.830. The van der Waals surface area contributed by atoms with Crippen LogP contribution in [0.5, 0.6) is 0 Å². The Hall–Kier alpha value is -1.62. The number of carbonyl (C=O) groups is 2. The van der Waals surface area contributed by atoms with E-state index in [0.717, 1.165) is 22.9 Å². The zero-order chi connectivity index (χ0) is 14.5. The number of amides is 1. The molecule has 0 aliphatic heterocycles. The topological polar surface area (TPSA) is 66.4 Å². The number of nitrogens with one attached hydrogen (secondary N) is 1. The largest absolute Gasteiger partial charge is 0.481 e. The molecule has 0 spiro atoms. The van der Waals surface area contributed by atoms with E-state index < -0.39 is 11.9 Å². The van der Waals surface area contributed by atoms with Gasteiger partial charge in [0.05, 0.1) is 5.92 Å². The van der Waals surface area contributed by atoms with Crippen molar-refractivity contribution in [1.29, 1.82) is 0 Å². The first-order valence-corrected chi connectivity index (χ1v) is 7.32. The first kappa shape index (κ1) is 14.8. The van der Waals surface area contributed by atoms with Crippen LogP contribution in [0.1, 0.15) is 24.8 Å². The summed E-state index contributed by atoms with van der Waals surface area (Å²) in [5.41, 5.74) is 0.913. The van der Waals surface area contributed by atoms with Crippen molar-refractivity contribution in [2.24, 2.45) is 5.92 Å². The molecule has 0 radical (unpaired) electrons. The Balaban J connectivity index is 1.94. The van der Waals surface area contributed by atoms with Gasteiger partial charge < -0.3 is 10.4 Å². The molecule has 1 aliphatic rings. The van der Waals surface area contributed by atoms with Crippen LogP contribution in [0.2, 0.25) is 0 Å². The van der Waals surface area contributed by atoms with Gasteiger partial charge in [0.25, 0.3) is 0 Å². The number of hydrogen-bond acceptors (Lipinski definition) is 2. The van der Waals surface area contributed by atoms with Crippen LogP contribution in [-0.4, -0.2) is 23.0 Å². The van der Waals surface area contributed by atoms with E-state index in [1.165, 1.54) is 6.08 Å². The highest BCUT2D eigenvalue weighted by Crippen LogP contribution is 2.25. The normalized spacial score (nSPS) is 22.1. The lowest BCUT2D eigenvalue weighted by Crippen LogP contribution is -2.39. The molecular formula is C15H16BrNO3. The van der Waals surface area contributed by atoms with E-state index in [2.05, 4.69) is 21.2 Å². The smallest absolute Gasteiger partial charge is 0.308 e. The Kier molecular flexibility index (Phi) is 4.95. The zero-order valence-corrected chi connectivity index (χ0v) is 12.5. The highest BCUT2D eigenvalue weighted by atomic mass is 79.9. The van der Waals surface area contributed by atoms with Crippen molar-refractivity contribution in [3.05, 3.63) is 40.4 Å². The lowest BCUT2D eigenvalue weighted by atomic mass is 10.0. The predicted octanol–water partition coefficient (Wildman–Crippen LogP) is 2.83. The maximum Gasteiger partial charge on any atom is 0.308 e. The van der Waals surface area contributed by atoms with E-state index in [1.54, 1.807) is 6.08 Å². The summed E-state index contributed by atoms with van der Waals surface area (Å²) in [5, 5.41) is 11.8. The van der Waals surface area contributed by atoms with Crippen LogP contribution in [0.25, 0.3) is 6.08 Å². The molecule has 1 aliphatic carbocycles. The number of rotatable bonds is 4. The third-order valence-corrected chi connectivity index (χ3v) is 3.93. The van der Waals surface area contributed by atoms with Gasteiger partial charge in [0, 0.05) is 16.6 Å². The maximum absolute atomic E-state index is 11.8. The molecule has 1 saturated carbocycles. The van der Waals surface area contributed by atoms with E-state index in [0.29, 0.717) is 6.42 Å². The number of benzene rings is 1. The second-order valence-electron chi connectivity index (χ2n) is 4.88. The van der Waals surface area contributed by atoms with Crippen molar-refractivity contribution < 1.29 is 14.7 Å². The molecule has 20 heavy (non-hydrogen) atoms. The van der Waals surface area contributed by atoms with Crippen LogP contribution in [0.15, 0.2) is 34.8 Å². The average molecular weight is 338 g/mol. The fourth-order valence-corrected chi connectivity index (χ4v) is 2.86. The summed E-state index contributed by atoms with van der Waals surface area (Å²) in [4.78, 5) is 22.9. The van der Waals surface area contributed by atoms with Gasteiger partial charge in [0.2, 0.25) is 5.91 Å². The van der Waals surface area contributed by atoms with Crippen LogP contribution in [0.3, 0.4) is 0 Å². The van der Waals surface area contributed by atoms with Crippen molar-refractivity contribution in [1.82, 2.24) is 5.32 Å². The van der Waals surface area contributed by atoms with Gasteiger partial charge in [-0.3, -0.25) is 9.59 Å². The van der Waals surface area contributed by atoms with Gasteiger partial charge in [0.15, 0.2) is 0 Å². The third-order valence-electron chi connectivity index (χ3n) is 3.44. The van der Waals surface area contributed by atoms with Crippen molar-refractivity contribution in [3.63, 3.8) is 0 Å². The molecule has 2 N–H and O–H groups in total.